The lowest BCUT2D eigenvalue weighted by Crippen LogP contribution is -2.38. The van der Waals surface area contributed by atoms with Crippen molar-refractivity contribution in [1.29, 1.82) is 0 Å². The highest BCUT2D eigenvalue weighted by Crippen LogP contribution is 2.32. The SMILES string of the molecule is Cc1noc(C)c1C1CCNC(CC(=O)O)C1. The molecular formula is C12H18N2O3. The van der Waals surface area contributed by atoms with Gasteiger partial charge in [0.2, 0.25) is 0 Å². The molecule has 0 aromatic carbocycles. The number of carboxylic acid groups (broad SMARTS) is 1. The Morgan fingerprint density at radius 2 is 2.35 bits per heavy atom. The Kier molecular flexibility index (Phi) is 3.47. The summed E-state index contributed by atoms with van der Waals surface area (Å²) in [5.74, 6) is 0.484. The van der Waals surface area contributed by atoms with E-state index >= 15 is 0 Å². The number of rotatable bonds is 3. The van der Waals surface area contributed by atoms with Crippen molar-refractivity contribution < 1.29 is 14.4 Å². The lowest BCUT2D eigenvalue weighted by atomic mass is 9.84. The summed E-state index contributed by atoms with van der Waals surface area (Å²) in [5, 5.41) is 16.0. The molecule has 1 aliphatic heterocycles. The van der Waals surface area contributed by atoms with E-state index in [4.69, 9.17) is 9.63 Å². The maximum absolute atomic E-state index is 10.7. The van der Waals surface area contributed by atoms with Crippen molar-refractivity contribution in [2.24, 2.45) is 0 Å². The topological polar surface area (TPSA) is 75.4 Å². The standard InChI is InChI=1S/C12H18N2O3/c1-7-12(8(2)17-14-7)9-3-4-13-10(5-9)6-11(15)16/h9-10,13H,3-6H2,1-2H3,(H,15,16). The van der Waals surface area contributed by atoms with Gasteiger partial charge in [-0.05, 0) is 39.2 Å². The van der Waals surface area contributed by atoms with Crippen LogP contribution in [0, 0.1) is 13.8 Å². The Morgan fingerprint density at radius 3 is 2.94 bits per heavy atom. The number of piperidine rings is 1. The van der Waals surface area contributed by atoms with Gasteiger partial charge in [0.05, 0.1) is 12.1 Å². The minimum Gasteiger partial charge on any atom is -0.481 e. The van der Waals surface area contributed by atoms with Crippen LogP contribution < -0.4 is 5.32 Å². The minimum absolute atomic E-state index is 0.0555. The summed E-state index contributed by atoms with van der Waals surface area (Å²) in [4.78, 5) is 10.7. The third-order valence-electron chi connectivity index (χ3n) is 3.41. The number of nitrogens with zero attached hydrogens (tertiary/aromatic N) is 1. The van der Waals surface area contributed by atoms with Gasteiger partial charge in [0, 0.05) is 11.6 Å². The van der Waals surface area contributed by atoms with Crippen LogP contribution in [0.15, 0.2) is 4.52 Å². The fourth-order valence-electron chi connectivity index (χ4n) is 2.71. The molecular weight excluding hydrogens is 220 g/mol. The first-order valence-electron chi connectivity index (χ1n) is 5.96. The molecule has 0 saturated carbocycles. The Labute approximate surface area is 100 Å². The summed E-state index contributed by atoms with van der Waals surface area (Å²) < 4.78 is 5.18. The highest BCUT2D eigenvalue weighted by molar-refractivity contribution is 5.67. The molecule has 2 atom stereocenters. The van der Waals surface area contributed by atoms with Crippen LogP contribution in [0.3, 0.4) is 0 Å². The first-order chi connectivity index (χ1) is 8.08. The molecule has 1 aromatic heterocycles. The van der Waals surface area contributed by atoms with Gasteiger partial charge < -0.3 is 14.9 Å². The zero-order valence-corrected chi connectivity index (χ0v) is 10.2. The van der Waals surface area contributed by atoms with Crippen molar-refractivity contribution in [3.05, 3.63) is 17.0 Å². The molecule has 2 N–H and O–H groups in total. The molecule has 2 rings (SSSR count). The molecule has 17 heavy (non-hydrogen) atoms. The summed E-state index contributed by atoms with van der Waals surface area (Å²) in [6, 6.07) is 0.0555. The monoisotopic (exact) mass is 238 g/mol. The van der Waals surface area contributed by atoms with E-state index in [1.807, 2.05) is 13.8 Å². The van der Waals surface area contributed by atoms with Gasteiger partial charge in [-0.2, -0.15) is 0 Å². The van der Waals surface area contributed by atoms with E-state index in [1.165, 1.54) is 5.56 Å². The third kappa shape index (κ3) is 2.66. The van der Waals surface area contributed by atoms with E-state index in [0.717, 1.165) is 30.8 Å². The molecule has 94 valence electrons. The maximum Gasteiger partial charge on any atom is 0.304 e. The van der Waals surface area contributed by atoms with E-state index in [9.17, 15) is 4.79 Å². The number of carboxylic acids is 1. The zero-order valence-electron chi connectivity index (χ0n) is 10.2. The minimum atomic E-state index is -0.748. The molecule has 0 radical (unpaired) electrons. The second kappa shape index (κ2) is 4.87. The van der Waals surface area contributed by atoms with Crippen LogP contribution >= 0.6 is 0 Å². The second-order valence-corrected chi connectivity index (χ2v) is 4.71. The van der Waals surface area contributed by atoms with Gasteiger partial charge in [-0.25, -0.2) is 0 Å². The maximum atomic E-state index is 10.7. The van der Waals surface area contributed by atoms with Crippen molar-refractivity contribution in [3.8, 4) is 0 Å². The molecule has 0 amide bonds. The van der Waals surface area contributed by atoms with Crippen LogP contribution in [-0.4, -0.2) is 28.8 Å². The lowest BCUT2D eigenvalue weighted by Gasteiger charge is -2.29. The Morgan fingerprint density at radius 1 is 1.59 bits per heavy atom. The van der Waals surface area contributed by atoms with Crippen molar-refractivity contribution in [1.82, 2.24) is 10.5 Å². The number of hydrogen-bond acceptors (Lipinski definition) is 4. The van der Waals surface area contributed by atoms with Crippen LogP contribution in [0.5, 0.6) is 0 Å². The molecule has 1 aromatic rings. The number of aryl methyl sites for hydroxylation is 2. The average Bonchev–Trinajstić information content (AvgIpc) is 2.58. The third-order valence-corrected chi connectivity index (χ3v) is 3.41. The first kappa shape index (κ1) is 12.1. The van der Waals surface area contributed by atoms with Crippen molar-refractivity contribution >= 4 is 5.97 Å². The van der Waals surface area contributed by atoms with Crippen LogP contribution in [0.4, 0.5) is 0 Å². The molecule has 5 nitrogen and oxygen atoms in total. The van der Waals surface area contributed by atoms with Gasteiger partial charge in [0.25, 0.3) is 0 Å². The van der Waals surface area contributed by atoms with Crippen molar-refractivity contribution in [2.75, 3.05) is 6.54 Å². The van der Waals surface area contributed by atoms with E-state index in [0.29, 0.717) is 5.92 Å². The molecule has 0 bridgehead atoms. The fourth-order valence-corrected chi connectivity index (χ4v) is 2.71. The largest absolute Gasteiger partial charge is 0.481 e. The first-order valence-corrected chi connectivity index (χ1v) is 5.96. The predicted octanol–water partition coefficient (Wildman–Crippen LogP) is 1.60. The Hall–Kier alpha value is -1.36. The van der Waals surface area contributed by atoms with Crippen LogP contribution in [0.1, 0.15) is 42.2 Å². The lowest BCUT2D eigenvalue weighted by molar-refractivity contribution is -0.137. The van der Waals surface area contributed by atoms with Crippen LogP contribution in [0.2, 0.25) is 0 Å². The van der Waals surface area contributed by atoms with Crippen LogP contribution in [-0.2, 0) is 4.79 Å². The molecule has 1 saturated heterocycles. The van der Waals surface area contributed by atoms with E-state index in [2.05, 4.69) is 10.5 Å². The number of aromatic nitrogens is 1. The van der Waals surface area contributed by atoms with Crippen LogP contribution in [0.25, 0.3) is 0 Å². The van der Waals surface area contributed by atoms with Crippen molar-refractivity contribution in [3.63, 3.8) is 0 Å². The average molecular weight is 238 g/mol. The molecule has 2 heterocycles. The smallest absolute Gasteiger partial charge is 0.304 e. The number of hydrogen-bond donors (Lipinski definition) is 2. The zero-order chi connectivity index (χ0) is 12.4. The van der Waals surface area contributed by atoms with Gasteiger partial charge in [0.1, 0.15) is 5.76 Å². The highest BCUT2D eigenvalue weighted by atomic mass is 16.5. The number of aliphatic carboxylic acids is 1. The summed E-state index contributed by atoms with van der Waals surface area (Å²) in [5.41, 5.74) is 2.10. The molecule has 5 heteroatoms. The van der Waals surface area contributed by atoms with Gasteiger partial charge >= 0.3 is 5.97 Å². The van der Waals surface area contributed by atoms with E-state index in [1.54, 1.807) is 0 Å². The van der Waals surface area contributed by atoms with E-state index in [-0.39, 0.29) is 12.5 Å². The highest BCUT2D eigenvalue weighted by Gasteiger charge is 2.28. The quantitative estimate of drug-likeness (QED) is 0.836. The second-order valence-electron chi connectivity index (χ2n) is 4.71. The van der Waals surface area contributed by atoms with E-state index < -0.39 is 5.97 Å². The summed E-state index contributed by atoms with van der Waals surface area (Å²) in [6.07, 6.45) is 2.04. The van der Waals surface area contributed by atoms with Crippen molar-refractivity contribution in [2.45, 2.75) is 45.1 Å². The molecule has 0 spiro atoms. The predicted molar refractivity (Wildman–Crippen MR) is 62.0 cm³/mol. The number of carbonyl (C=O) groups is 1. The van der Waals surface area contributed by atoms with Gasteiger partial charge in [0.15, 0.2) is 0 Å². The molecule has 1 aliphatic rings. The normalized spacial score (nSPS) is 24.8. The fraction of sp³-hybridized carbons (Fsp3) is 0.667. The summed E-state index contributed by atoms with van der Waals surface area (Å²) in [7, 11) is 0. The summed E-state index contributed by atoms with van der Waals surface area (Å²) >= 11 is 0. The molecule has 0 aliphatic carbocycles. The van der Waals surface area contributed by atoms with Gasteiger partial charge in [-0.3, -0.25) is 4.79 Å². The summed E-state index contributed by atoms with van der Waals surface area (Å²) in [6.45, 7) is 4.72. The van der Waals surface area contributed by atoms with Gasteiger partial charge in [-0.1, -0.05) is 5.16 Å². The molecule has 1 fully saturated rings. The van der Waals surface area contributed by atoms with Gasteiger partial charge in [-0.15, -0.1) is 0 Å². The Bertz CT molecular complexity index is 394. The Balaban J connectivity index is 2.09. The number of nitrogens with one attached hydrogen (secondary N) is 1. The molecule has 2 unspecified atom stereocenters.